The van der Waals surface area contributed by atoms with E-state index in [4.69, 9.17) is 5.41 Å². The molecule has 1 aliphatic rings. The average molecular weight is 370 g/mol. The maximum absolute atomic E-state index is 13.2. The zero-order valence-electron chi connectivity index (χ0n) is 15.6. The second kappa shape index (κ2) is 7.19. The summed E-state index contributed by atoms with van der Waals surface area (Å²) in [5.41, 5.74) is 2.62. The van der Waals surface area contributed by atoms with E-state index in [-0.39, 0.29) is 11.9 Å². The topological polar surface area (TPSA) is 68.2 Å². The van der Waals surface area contributed by atoms with Crippen LogP contribution < -0.4 is 10.6 Å². The Labute approximate surface area is 164 Å². The first-order chi connectivity index (χ1) is 13.6. The summed E-state index contributed by atoms with van der Waals surface area (Å²) >= 11 is 0. The summed E-state index contributed by atoms with van der Waals surface area (Å²) in [6.45, 7) is 0.694. The monoisotopic (exact) mass is 370 g/mol. The van der Waals surface area contributed by atoms with E-state index in [9.17, 15) is 4.79 Å². The van der Waals surface area contributed by atoms with Crippen molar-refractivity contribution in [2.45, 2.75) is 12.1 Å². The molecule has 0 bridgehead atoms. The molecule has 0 aromatic heterocycles. The molecule has 1 heterocycles. The predicted molar refractivity (Wildman–Crippen MR) is 111 cm³/mol. The van der Waals surface area contributed by atoms with Crippen LogP contribution in [-0.2, 0) is 16.9 Å². The van der Waals surface area contributed by atoms with Gasteiger partial charge in [0.2, 0.25) is 0 Å². The van der Waals surface area contributed by atoms with E-state index >= 15 is 0 Å². The summed E-state index contributed by atoms with van der Waals surface area (Å²) in [4.78, 5) is 14.6. The average Bonchev–Trinajstić information content (AvgIpc) is 2.99. The highest BCUT2D eigenvalue weighted by molar-refractivity contribution is 6.10. The predicted octanol–water partition coefficient (Wildman–Crippen LogP) is 3.54. The van der Waals surface area contributed by atoms with Gasteiger partial charge in [0.1, 0.15) is 0 Å². The Hall–Kier alpha value is -3.60. The number of amides is 1. The van der Waals surface area contributed by atoms with Gasteiger partial charge in [-0.2, -0.15) is 0 Å². The van der Waals surface area contributed by atoms with Crippen molar-refractivity contribution in [3.63, 3.8) is 0 Å². The van der Waals surface area contributed by atoms with E-state index < -0.39 is 5.54 Å². The van der Waals surface area contributed by atoms with Gasteiger partial charge in [-0.05, 0) is 28.8 Å². The van der Waals surface area contributed by atoms with Gasteiger partial charge in [-0.1, -0.05) is 72.8 Å². The molecule has 1 amide bonds. The molecule has 3 aromatic carbocycles. The number of nitrogens with zero attached hydrogens (tertiary/aromatic N) is 1. The highest BCUT2D eigenvalue weighted by Gasteiger charge is 2.50. The molecule has 1 unspecified atom stereocenters. The van der Waals surface area contributed by atoms with Gasteiger partial charge in [-0.3, -0.25) is 15.1 Å². The number of rotatable bonds is 5. The zero-order chi connectivity index (χ0) is 19.6. The minimum atomic E-state index is -1.10. The molecule has 1 fully saturated rings. The molecular weight excluding hydrogens is 348 g/mol. The van der Waals surface area contributed by atoms with Gasteiger partial charge < -0.3 is 10.6 Å². The SMILES string of the molecule is CN1C(=N)NC(c2ccccc2)(c2cccc(NCc3ccccc3)c2)C1=O. The smallest absolute Gasteiger partial charge is 0.264 e. The van der Waals surface area contributed by atoms with E-state index in [1.807, 2.05) is 72.8 Å². The third kappa shape index (κ3) is 3.01. The van der Waals surface area contributed by atoms with Gasteiger partial charge in [-0.25, -0.2) is 0 Å². The number of benzene rings is 3. The summed E-state index contributed by atoms with van der Waals surface area (Å²) in [6.07, 6.45) is 0. The number of hydrogen-bond donors (Lipinski definition) is 3. The van der Waals surface area contributed by atoms with Crippen LogP contribution in [0.5, 0.6) is 0 Å². The van der Waals surface area contributed by atoms with Crippen LogP contribution in [0.25, 0.3) is 0 Å². The number of hydrogen-bond acceptors (Lipinski definition) is 3. The maximum Gasteiger partial charge on any atom is 0.264 e. The molecule has 4 rings (SSSR count). The van der Waals surface area contributed by atoms with Crippen LogP contribution in [0, 0.1) is 5.41 Å². The van der Waals surface area contributed by atoms with Gasteiger partial charge in [0.05, 0.1) is 0 Å². The summed E-state index contributed by atoms with van der Waals surface area (Å²) in [5, 5.41) is 14.7. The molecule has 5 heteroatoms. The quantitative estimate of drug-likeness (QED) is 0.643. The second-order valence-corrected chi connectivity index (χ2v) is 6.87. The van der Waals surface area contributed by atoms with Crippen LogP contribution >= 0.6 is 0 Å². The standard InChI is InChI=1S/C23H22N4O/c1-27-21(28)23(26-22(27)24,18-11-6-3-7-12-18)19-13-8-14-20(15-19)25-16-17-9-4-2-5-10-17/h2-15,25H,16H2,1H3,(H2,24,26). The largest absolute Gasteiger partial charge is 0.381 e. The minimum Gasteiger partial charge on any atom is -0.381 e. The van der Waals surface area contributed by atoms with Gasteiger partial charge in [0, 0.05) is 19.3 Å². The number of anilines is 1. The molecule has 3 N–H and O–H groups in total. The van der Waals surface area contributed by atoms with Gasteiger partial charge in [0.15, 0.2) is 11.5 Å². The first kappa shape index (κ1) is 17.8. The van der Waals surface area contributed by atoms with Crippen LogP contribution in [0.2, 0.25) is 0 Å². The molecule has 1 aliphatic heterocycles. The minimum absolute atomic E-state index is 0.0940. The summed E-state index contributed by atoms with van der Waals surface area (Å²) in [7, 11) is 1.62. The number of nitrogens with one attached hydrogen (secondary N) is 3. The Morgan fingerprint density at radius 1 is 0.929 bits per heavy atom. The van der Waals surface area contributed by atoms with Crippen molar-refractivity contribution in [1.82, 2.24) is 10.2 Å². The fraction of sp³-hybridized carbons (Fsp3) is 0.130. The lowest BCUT2D eigenvalue weighted by Crippen LogP contribution is -2.45. The summed E-state index contributed by atoms with van der Waals surface area (Å²) in [5.74, 6) is -0.0691. The van der Waals surface area contributed by atoms with Crippen molar-refractivity contribution >= 4 is 17.6 Å². The number of guanidine groups is 1. The molecule has 1 saturated heterocycles. The Balaban J connectivity index is 1.72. The lowest BCUT2D eigenvalue weighted by molar-refractivity contribution is -0.129. The molecule has 0 radical (unpaired) electrons. The van der Waals surface area contributed by atoms with Gasteiger partial charge in [-0.15, -0.1) is 0 Å². The Morgan fingerprint density at radius 2 is 1.57 bits per heavy atom. The molecule has 3 aromatic rings. The Bertz CT molecular complexity index is 1000. The number of carbonyl (C=O) groups is 1. The number of carbonyl (C=O) groups excluding carboxylic acids is 1. The van der Waals surface area contributed by atoms with Crippen molar-refractivity contribution in [2.24, 2.45) is 0 Å². The van der Waals surface area contributed by atoms with E-state index in [2.05, 4.69) is 22.8 Å². The molecule has 0 saturated carbocycles. The Morgan fingerprint density at radius 3 is 2.21 bits per heavy atom. The van der Waals surface area contributed by atoms with Gasteiger partial charge >= 0.3 is 0 Å². The van der Waals surface area contributed by atoms with Gasteiger partial charge in [0.25, 0.3) is 5.91 Å². The van der Waals surface area contributed by atoms with Crippen LogP contribution in [-0.4, -0.2) is 23.8 Å². The molecule has 1 atom stereocenters. The van der Waals surface area contributed by atoms with E-state index in [1.165, 1.54) is 10.5 Å². The molecule has 0 spiro atoms. The van der Waals surface area contributed by atoms with E-state index in [0.29, 0.717) is 6.54 Å². The molecule has 0 aliphatic carbocycles. The Kier molecular flexibility index (Phi) is 4.57. The van der Waals surface area contributed by atoms with Crippen LogP contribution in [0.4, 0.5) is 5.69 Å². The van der Waals surface area contributed by atoms with E-state index in [0.717, 1.165) is 16.8 Å². The third-order valence-corrected chi connectivity index (χ3v) is 5.11. The van der Waals surface area contributed by atoms with Crippen molar-refractivity contribution in [3.8, 4) is 0 Å². The highest BCUT2D eigenvalue weighted by atomic mass is 16.2. The first-order valence-corrected chi connectivity index (χ1v) is 9.20. The molecule has 28 heavy (non-hydrogen) atoms. The van der Waals surface area contributed by atoms with Crippen LogP contribution in [0.1, 0.15) is 16.7 Å². The first-order valence-electron chi connectivity index (χ1n) is 9.20. The lowest BCUT2D eigenvalue weighted by Gasteiger charge is -2.28. The summed E-state index contributed by atoms with van der Waals surface area (Å²) < 4.78 is 0. The van der Waals surface area contributed by atoms with Crippen molar-refractivity contribution < 1.29 is 4.79 Å². The third-order valence-electron chi connectivity index (χ3n) is 5.11. The van der Waals surface area contributed by atoms with Crippen molar-refractivity contribution in [3.05, 3.63) is 102 Å². The normalized spacial score (nSPS) is 18.8. The lowest BCUT2D eigenvalue weighted by atomic mass is 9.82. The molecule has 5 nitrogen and oxygen atoms in total. The fourth-order valence-electron chi connectivity index (χ4n) is 3.58. The summed E-state index contributed by atoms with van der Waals surface area (Å²) in [6, 6.07) is 27.6. The van der Waals surface area contributed by atoms with Crippen molar-refractivity contribution in [2.75, 3.05) is 12.4 Å². The number of likely N-dealkylation sites (N-methyl/N-ethyl adjacent to an activating group) is 1. The zero-order valence-corrected chi connectivity index (χ0v) is 15.6. The molecular formula is C23H22N4O. The maximum atomic E-state index is 13.2. The van der Waals surface area contributed by atoms with Crippen LogP contribution in [0.3, 0.4) is 0 Å². The van der Waals surface area contributed by atoms with Crippen molar-refractivity contribution in [1.29, 1.82) is 5.41 Å². The van der Waals surface area contributed by atoms with E-state index in [1.54, 1.807) is 7.05 Å². The highest BCUT2D eigenvalue weighted by Crippen LogP contribution is 2.36. The van der Waals surface area contributed by atoms with Crippen LogP contribution in [0.15, 0.2) is 84.9 Å². The molecule has 140 valence electrons. The second-order valence-electron chi connectivity index (χ2n) is 6.87. The fourth-order valence-corrected chi connectivity index (χ4v) is 3.58.